The molecule has 0 radical (unpaired) electrons. The fraction of sp³-hybridized carbons (Fsp3) is 0.600. The molecule has 0 bridgehead atoms. The van der Waals surface area contributed by atoms with Gasteiger partial charge in [-0.3, -0.25) is 0 Å². The molecule has 18 heavy (non-hydrogen) atoms. The third-order valence-corrected chi connectivity index (χ3v) is 4.65. The molecule has 0 atom stereocenters. The second-order valence-electron chi connectivity index (χ2n) is 5.90. The normalized spacial score (nSPS) is 21.7. The summed E-state index contributed by atoms with van der Waals surface area (Å²) >= 11 is 5.85. The van der Waals surface area contributed by atoms with E-state index >= 15 is 0 Å². The molecule has 0 aromatic heterocycles. The Balaban J connectivity index is 1.70. The maximum Gasteiger partial charge on any atom is 0.144 e. The Hall–Kier alpha value is -0.600. The molecule has 0 heterocycles. The van der Waals surface area contributed by atoms with Crippen molar-refractivity contribution < 1.29 is 4.39 Å². The van der Waals surface area contributed by atoms with Crippen molar-refractivity contribution in [2.45, 2.75) is 44.6 Å². The number of halogens is 2. The molecular weight excluding hydrogens is 249 g/mol. The summed E-state index contributed by atoms with van der Waals surface area (Å²) in [6.07, 6.45) is 7.12. The quantitative estimate of drug-likeness (QED) is 0.852. The van der Waals surface area contributed by atoms with Crippen LogP contribution >= 0.6 is 11.6 Å². The Morgan fingerprint density at radius 3 is 2.72 bits per heavy atom. The van der Waals surface area contributed by atoms with Crippen LogP contribution in [0.15, 0.2) is 18.2 Å². The van der Waals surface area contributed by atoms with Crippen LogP contribution in [0, 0.1) is 11.2 Å². The minimum atomic E-state index is -0.225. The van der Waals surface area contributed by atoms with Crippen LogP contribution in [0.1, 0.15) is 37.7 Å². The molecule has 0 spiro atoms. The van der Waals surface area contributed by atoms with Gasteiger partial charge in [0.05, 0.1) is 5.02 Å². The molecule has 2 aliphatic carbocycles. The van der Waals surface area contributed by atoms with Crippen molar-refractivity contribution in [1.29, 1.82) is 0 Å². The maximum atomic E-state index is 14.0. The highest BCUT2D eigenvalue weighted by Crippen LogP contribution is 2.44. The Labute approximate surface area is 113 Å². The highest BCUT2D eigenvalue weighted by atomic mass is 35.5. The molecule has 2 saturated carbocycles. The van der Waals surface area contributed by atoms with E-state index in [1.54, 1.807) is 6.07 Å². The van der Waals surface area contributed by atoms with Gasteiger partial charge in [-0.05, 0) is 49.1 Å². The van der Waals surface area contributed by atoms with Gasteiger partial charge < -0.3 is 5.32 Å². The summed E-state index contributed by atoms with van der Waals surface area (Å²) in [6, 6.07) is 6.07. The van der Waals surface area contributed by atoms with Gasteiger partial charge in [-0.15, -0.1) is 0 Å². The molecule has 1 N–H and O–H groups in total. The van der Waals surface area contributed by atoms with Crippen molar-refractivity contribution in [2.75, 3.05) is 6.54 Å². The molecule has 1 aromatic carbocycles. The number of hydrogen-bond donors (Lipinski definition) is 1. The lowest BCUT2D eigenvalue weighted by Crippen LogP contribution is -2.42. The van der Waals surface area contributed by atoms with E-state index in [0.29, 0.717) is 0 Å². The molecule has 98 valence electrons. The summed E-state index contributed by atoms with van der Waals surface area (Å²) in [5, 5.41) is 3.85. The van der Waals surface area contributed by atoms with Crippen molar-refractivity contribution in [2.24, 2.45) is 5.41 Å². The van der Waals surface area contributed by atoms with Gasteiger partial charge in [-0.2, -0.15) is 0 Å². The van der Waals surface area contributed by atoms with Crippen LogP contribution in [0.4, 0.5) is 4.39 Å². The van der Waals surface area contributed by atoms with E-state index in [1.165, 1.54) is 32.1 Å². The average molecular weight is 268 g/mol. The van der Waals surface area contributed by atoms with Gasteiger partial charge >= 0.3 is 0 Å². The zero-order valence-corrected chi connectivity index (χ0v) is 11.3. The van der Waals surface area contributed by atoms with Crippen molar-refractivity contribution in [3.8, 4) is 0 Å². The molecule has 2 aliphatic rings. The van der Waals surface area contributed by atoms with Crippen LogP contribution in [-0.2, 0) is 6.42 Å². The van der Waals surface area contributed by atoms with Gasteiger partial charge in [0.15, 0.2) is 0 Å². The molecule has 3 rings (SSSR count). The van der Waals surface area contributed by atoms with E-state index < -0.39 is 0 Å². The second-order valence-corrected chi connectivity index (χ2v) is 6.31. The largest absolute Gasteiger partial charge is 0.313 e. The number of nitrogens with one attached hydrogen (secondary N) is 1. The molecule has 0 aliphatic heterocycles. The zero-order valence-electron chi connectivity index (χ0n) is 10.5. The molecule has 0 saturated heterocycles. The van der Waals surface area contributed by atoms with Gasteiger partial charge in [0.25, 0.3) is 0 Å². The monoisotopic (exact) mass is 267 g/mol. The molecule has 0 unspecified atom stereocenters. The zero-order chi connectivity index (χ0) is 12.6. The van der Waals surface area contributed by atoms with Crippen LogP contribution in [-0.4, -0.2) is 12.6 Å². The first-order valence-corrected chi connectivity index (χ1v) is 7.23. The summed E-state index contributed by atoms with van der Waals surface area (Å²) in [6.45, 7) is 1.03. The Bertz CT molecular complexity index is 438. The van der Waals surface area contributed by atoms with Crippen LogP contribution in [0.5, 0.6) is 0 Å². The van der Waals surface area contributed by atoms with Crippen LogP contribution in [0.2, 0.25) is 5.02 Å². The maximum absolute atomic E-state index is 14.0. The number of rotatable bonds is 5. The van der Waals surface area contributed by atoms with E-state index in [-0.39, 0.29) is 16.3 Å². The Morgan fingerprint density at radius 1 is 1.33 bits per heavy atom. The van der Waals surface area contributed by atoms with Gasteiger partial charge in [0.2, 0.25) is 0 Å². The van der Waals surface area contributed by atoms with E-state index in [1.807, 2.05) is 12.1 Å². The molecule has 2 fully saturated rings. The van der Waals surface area contributed by atoms with Crippen molar-refractivity contribution in [3.05, 3.63) is 34.6 Å². The van der Waals surface area contributed by atoms with Crippen molar-refractivity contribution in [1.82, 2.24) is 5.32 Å². The first kappa shape index (κ1) is 12.4. The van der Waals surface area contributed by atoms with Crippen LogP contribution < -0.4 is 5.32 Å². The highest BCUT2D eigenvalue weighted by molar-refractivity contribution is 6.30. The van der Waals surface area contributed by atoms with Gasteiger partial charge in [0, 0.05) is 12.6 Å². The standard InChI is InChI=1S/C15H19ClFN/c16-13-4-1-3-11(14(13)17)9-15(7-2-8-15)10-18-12-5-6-12/h1,3-4,12,18H,2,5-10H2. The summed E-state index contributed by atoms with van der Waals surface area (Å²) in [4.78, 5) is 0. The van der Waals surface area contributed by atoms with Gasteiger partial charge in [0.1, 0.15) is 5.82 Å². The lowest BCUT2D eigenvalue weighted by atomic mass is 9.65. The first-order chi connectivity index (χ1) is 8.69. The van der Waals surface area contributed by atoms with Crippen LogP contribution in [0.25, 0.3) is 0 Å². The fourth-order valence-electron chi connectivity index (χ4n) is 2.83. The SMILES string of the molecule is Fc1c(Cl)cccc1CC1(CNC2CC2)CCC1. The molecule has 1 nitrogen and oxygen atoms in total. The molecule has 3 heteroatoms. The van der Waals surface area contributed by atoms with Crippen molar-refractivity contribution >= 4 is 11.6 Å². The fourth-order valence-corrected chi connectivity index (χ4v) is 3.02. The van der Waals surface area contributed by atoms with E-state index in [2.05, 4.69) is 5.32 Å². The van der Waals surface area contributed by atoms with Gasteiger partial charge in [-0.25, -0.2) is 4.39 Å². The number of benzene rings is 1. The predicted molar refractivity (Wildman–Crippen MR) is 72.4 cm³/mol. The first-order valence-electron chi connectivity index (χ1n) is 6.85. The van der Waals surface area contributed by atoms with Crippen molar-refractivity contribution in [3.63, 3.8) is 0 Å². The lowest BCUT2D eigenvalue weighted by molar-refractivity contribution is 0.128. The summed E-state index contributed by atoms with van der Waals surface area (Å²) in [5.41, 5.74) is 1.05. The average Bonchev–Trinajstić information content (AvgIpc) is 3.11. The Kier molecular flexibility index (Phi) is 3.33. The summed E-state index contributed by atoms with van der Waals surface area (Å²) in [5.74, 6) is -0.225. The minimum absolute atomic E-state index is 0.225. The lowest BCUT2D eigenvalue weighted by Gasteiger charge is -2.42. The van der Waals surface area contributed by atoms with Gasteiger partial charge in [-0.1, -0.05) is 30.2 Å². The molecule has 1 aromatic rings. The Morgan fingerprint density at radius 2 is 2.11 bits per heavy atom. The highest BCUT2D eigenvalue weighted by Gasteiger charge is 2.38. The van der Waals surface area contributed by atoms with E-state index in [4.69, 9.17) is 11.6 Å². The van der Waals surface area contributed by atoms with E-state index in [9.17, 15) is 4.39 Å². The topological polar surface area (TPSA) is 12.0 Å². The molecule has 0 amide bonds. The number of hydrogen-bond acceptors (Lipinski definition) is 1. The smallest absolute Gasteiger partial charge is 0.144 e. The molecular formula is C15H19ClFN. The second kappa shape index (κ2) is 4.82. The minimum Gasteiger partial charge on any atom is -0.313 e. The predicted octanol–water partition coefficient (Wildman–Crippen LogP) is 3.94. The third kappa shape index (κ3) is 2.55. The summed E-state index contributed by atoms with van der Waals surface area (Å²) in [7, 11) is 0. The summed E-state index contributed by atoms with van der Waals surface area (Å²) < 4.78 is 14.0. The van der Waals surface area contributed by atoms with E-state index in [0.717, 1.165) is 24.6 Å². The third-order valence-electron chi connectivity index (χ3n) is 4.35. The van der Waals surface area contributed by atoms with Crippen LogP contribution in [0.3, 0.4) is 0 Å².